The second-order valence-electron chi connectivity index (χ2n) is 4.75. The van der Waals surface area contributed by atoms with Gasteiger partial charge in [-0.2, -0.15) is 0 Å². The third kappa shape index (κ3) is 1.78. The summed E-state index contributed by atoms with van der Waals surface area (Å²) in [6.45, 7) is 2.21. The van der Waals surface area contributed by atoms with Crippen LogP contribution in [-0.2, 0) is 4.79 Å². The highest BCUT2D eigenvalue weighted by Gasteiger charge is 2.15. The molecule has 0 saturated carbocycles. The lowest BCUT2D eigenvalue weighted by Crippen LogP contribution is -2.17. The highest BCUT2D eigenvalue weighted by Crippen LogP contribution is 2.28. The van der Waals surface area contributed by atoms with Crippen LogP contribution in [0.3, 0.4) is 0 Å². The van der Waals surface area contributed by atoms with Gasteiger partial charge in [0.25, 0.3) is 0 Å². The van der Waals surface area contributed by atoms with Gasteiger partial charge in [0, 0.05) is 41.4 Å². The van der Waals surface area contributed by atoms with Crippen LogP contribution in [0.1, 0.15) is 24.5 Å². The van der Waals surface area contributed by atoms with Crippen LogP contribution in [0, 0.1) is 0 Å². The summed E-state index contributed by atoms with van der Waals surface area (Å²) in [5.41, 5.74) is 2.82. The molecule has 0 aliphatic carbocycles. The predicted molar refractivity (Wildman–Crippen MR) is 70.8 cm³/mol. The van der Waals surface area contributed by atoms with Gasteiger partial charge in [0.1, 0.15) is 6.10 Å². The van der Waals surface area contributed by atoms with Crippen LogP contribution in [-0.4, -0.2) is 29.5 Å². The molecule has 1 aromatic carbocycles. The van der Waals surface area contributed by atoms with E-state index < -0.39 is 6.10 Å². The van der Waals surface area contributed by atoms with Crippen molar-refractivity contribution < 1.29 is 9.90 Å². The first-order valence-electron chi connectivity index (χ1n) is 6.29. The Labute approximate surface area is 105 Å². The van der Waals surface area contributed by atoms with Crippen LogP contribution in [0.2, 0.25) is 0 Å². The van der Waals surface area contributed by atoms with Crippen molar-refractivity contribution in [2.75, 3.05) is 18.0 Å². The van der Waals surface area contributed by atoms with Gasteiger partial charge in [-0.15, -0.1) is 0 Å². The molecule has 1 saturated heterocycles. The van der Waals surface area contributed by atoms with E-state index in [1.54, 1.807) is 6.20 Å². The molecule has 3 rings (SSSR count). The van der Waals surface area contributed by atoms with Crippen molar-refractivity contribution in [3.05, 3.63) is 30.0 Å². The normalized spacial score (nSPS) is 17.3. The lowest BCUT2D eigenvalue weighted by Gasteiger charge is -2.17. The summed E-state index contributed by atoms with van der Waals surface area (Å²) < 4.78 is 0. The topological polar surface area (TPSA) is 56.3 Å². The number of carbonyl (C=O) groups is 1. The first kappa shape index (κ1) is 11.3. The van der Waals surface area contributed by atoms with Crippen LogP contribution in [0.15, 0.2) is 24.4 Å². The monoisotopic (exact) mass is 244 g/mol. The Morgan fingerprint density at radius 2 is 2.11 bits per heavy atom. The molecule has 1 aromatic heterocycles. The number of nitrogens with one attached hydrogen (secondary N) is 1. The SMILES string of the molecule is O=CC(O)c1c[nH]c2cc(N3CCCC3)ccc12. The molecule has 1 atom stereocenters. The minimum atomic E-state index is -1.05. The van der Waals surface area contributed by atoms with Gasteiger partial charge >= 0.3 is 0 Å². The van der Waals surface area contributed by atoms with E-state index in [-0.39, 0.29) is 0 Å². The molecular weight excluding hydrogens is 228 g/mol. The number of aliphatic hydroxyl groups is 1. The van der Waals surface area contributed by atoms with Crippen molar-refractivity contribution >= 4 is 22.9 Å². The molecule has 0 spiro atoms. The minimum absolute atomic E-state index is 0.553. The fourth-order valence-electron chi connectivity index (χ4n) is 2.63. The van der Waals surface area contributed by atoms with Crippen molar-refractivity contribution in [2.45, 2.75) is 18.9 Å². The fraction of sp³-hybridized carbons (Fsp3) is 0.357. The minimum Gasteiger partial charge on any atom is -0.381 e. The molecule has 4 nitrogen and oxygen atoms in total. The summed E-state index contributed by atoms with van der Waals surface area (Å²) in [7, 11) is 0. The molecule has 0 amide bonds. The van der Waals surface area contributed by atoms with Gasteiger partial charge in [-0.3, -0.25) is 0 Å². The van der Waals surface area contributed by atoms with E-state index in [1.807, 2.05) is 6.07 Å². The number of anilines is 1. The molecule has 0 radical (unpaired) electrons. The van der Waals surface area contributed by atoms with Gasteiger partial charge in [0.2, 0.25) is 0 Å². The number of H-pyrrole nitrogens is 1. The summed E-state index contributed by atoms with van der Waals surface area (Å²) >= 11 is 0. The summed E-state index contributed by atoms with van der Waals surface area (Å²) in [5.74, 6) is 0. The molecule has 94 valence electrons. The van der Waals surface area contributed by atoms with Gasteiger partial charge in [-0.05, 0) is 25.0 Å². The maximum Gasteiger partial charge on any atom is 0.153 e. The Hall–Kier alpha value is -1.81. The Kier molecular flexibility index (Phi) is 2.80. The molecule has 2 aromatic rings. The smallest absolute Gasteiger partial charge is 0.153 e. The van der Waals surface area contributed by atoms with Gasteiger partial charge in [0.05, 0.1) is 0 Å². The number of aromatic amines is 1. The first-order valence-corrected chi connectivity index (χ1v) is 6.29. The largest absolute Gasteiger partial charge is 0.381 e. The second-order valence-corrected chi connectivity index (χ2v) is 4.75. The van der Waals surface area contributed by atoms with Crippen LogP contribution in [0.4, 0.5) is 5.69 Å². The molecular formula is C14H16N2O2. The zero-order valence-electron chi connectivity index (χ0n) is 10.1. The molecule has 4 heteroatoms. The number of hydrogen-bond donors (Lipinski definition) is 2. The van der Waals surface area contributed by atoms with Crippen molar-refractivity contribution in [3.8, 4) is 0 Å². The maximum atomic E-state index is 10.7. The highest BCUT2D eigenvalue weighted by molar-refractivity contribution is 5.88. The van der Waals surface area contributed by atoms with Crippen LogP contribution in [0.5, 0.6) is 0 Å². The number of rotatable bonds is 3. The molecule has 0 bridgehead atoms. The lowest BCUT2D eigenvalue weighted by molar-refractivity contribution is -0.115. The summed E-state index contributed by atoms with van der Waals surface area (Å²) in [5, 5.41) is 10.5. The van der Waals surface area contributed by atoms with Crippen LogP contribution in [0.25, 0.3) is 10.9 Å². The average Bonchev–Trinajstić information content (AvgIpc) is 3.06. The molecule has 18 heavy (non-hydrogen) atoms. The van der Waals surface area contributed by atoms with Crippen LogP contribution >= 0.6 is 0 Å². The van der Waals surface area contributed by atoms with Crippen molar-refractivity contribution in [2.24, 2.45) is 0 Å². The number of nitrogens with zero attached hydrogens (tertiary/aromatic N) is 1. The van der Waals surface area contributed by atoms with Gasteiger partial charge in [-0.25, -0.2) is 0 Å². The standard InChI is InChI=1S/C14H16N2O2/c17-9-14(18)12-8-15-13-7-10(3-4-11(12)13)16-5-1-2-6-16/h3-4,7-9,14-15,18H,1-2,5-6H2. The molecule has 2 heterocycles. The Balaban J connectivity index is 2.01. The number of benzene rings is 1. The second kappa shape index (κ2) is 4.46. The zero-order chi connectivity index (χ0) is 12.5. The number of aliphatic hydroxyl groups excluding tert-OH is 1. The quantitative estimate of drug-likeness (QED) is 0.812. The Morgan fingerprint density at radius 3 is 2.83 bits per heavy atom. The summed E-state index contributed by atoms with van der Waals surface area (Å²) in [6, 6.07) is 6.12. The van der Waals surface area contributed by atoms with E-state index in [4.69, 9.17) is 0 Å². The van der Waals surface area contributed by atoms with Crippen LogP contribution < -0.4 is 4.90 Å². The Morgan fingerprint density at radius 1 is 1.33 bits per heavy atom. The van der Waals surface area contributed by atoms with Gasteiger partial charge < -0.3 is 19.8 Å². The van der Waals surface area contributed by atoms with E-state index in [0.717, 1.165) is 24.0 Å². The average molecular weight is 244 g/mol. The number of aromatic nitrogens is 1. The Bertz CT molecular complexity index is 570. The third-order valence-corrected chi connectivity index (χ3v) is 3.62. The highest BCUT2D eigenvalue weighted by atomic mass is 16.3. The van der Waals surface area contributed by atoms with E-state index >= 15 is 0 Å². The molecule has 1 fully saturated rings. The number of carbonyl (C=O) groups excluding carboxylic acids is 1. The molecule has 1 aliphatic heterocycles. The predicted octanol–water partition coefficient (Wildman–Crippen LogP) is 2.00. The molecule has 1 unspecified atom stereocenters. The first-order chi connectivity index (χ1) is 8.79. The zero-order valence-corrected chi connectivity index (χ0v) is 10.1. The van der Waals surface area contributed by atoms with Crippen molar-refractivity contribution in [3.63, 3.8) is 0 Å². The fourth-order valence-corrected chi connectivity index (χ4v) is 2.63. The number of aldehydes is 1. The third-order valence-electron chi connectivity index (χ3n) is 3.62. The van der Waals surface area contributed by atoms with E-state index in [2.05, 4.69) is 22.0 Å². The van der Waals surface area contributed by atoms with Gasteiger partial charge in [-0.1, -0.05) is 6.07 Å². The van der Waals surface area contributed by atoms with Crippen molar-refractivity contribution in [1.82, 2.24) is 4.98 Å². The number of fused-ring (bicyclic) bond motifs is 1. The maximum absolute atomic E-state index is 10.7. The summed E-state index contributed by atoms with van der Waals surface area (Å²) in [6.07, 6.45) is 3.71. The molecule has 1 aliphatic rings. The summed E-state index contributed by atoms with van der Waals surface area (Å²) in [4.78, 5) is 16.1. The van der Waals surface area contributed by atoms with Gasteiger partial charge in [0.15, 0.2) is 6.29 Å². The lowest BCUT2D eigenvalue weighted by atomic mass is 10.1. The van der Waals surface area contributed by atoms with E-state index in [9.17, 15) is 9.90 Å². The van der Waals surface area contributed by atoms with E-state index in [1.165, 1.54) is 18.5 Å². The van der Waals surface area contributed by atoms with E-state index in [0.29, 0.717) is 11.8 Å². The molecule has 2 N–H and O–H groups in total. The number of hydrogen-bond acceptors (Lipinski definition) is 3. The van der Waals surface area contributed by atoms with Crippen molar-refractivity contribution in [1.29, 1.82) is 0 Å².